The van der Waals surface area contributed by atoms with E-state index in [1.807, 2.05) is 24.3 Å². The van der Waals surface area contributed by atoms with E-state index in [4.69, 9.17) is 0 Å². The van der Waals surface area contributed by atoms with E-state index in [1.54, 1.807) is 12.4 Å². The van der Waals surface area contributed by atoms with Gasteiger partial charge in [0, 0.05) is 65.3 Å². The van der Waals surface area contributed by atoms with Gasteiger partial charge in [-0.05, 0) is 150 Å². The second-order valence-electron chi connectivity index (χ2n) is 19.0. The number of pyridine rings is 2. The number of piperidine rings is 4. The second-order valence-corrected chi connectivity index (χ2v) is 19.0. The van der Waals surface area contributed by atoms with Crippen LogP contribution in [0.1, 0.15) is 89.3 Å². The van der Waals surface area contributed by atoms with Crippen molar-refractivity contribution in [3.05, 3.63) is 83.2 Å². The van der Waals surface area contributed by atoms with Crippen LogP contribution in [0.5, 0.6) is 0 Å². The molecule has 4 saturated heterocycles. The summed E-state index contributed by atoms with van der Waals surface area (Å²) in [4.78, 5) is 43.5. The summed E-state index contributed by atoms with van der Waals surface area (Å²) in [6, 6.07) is 20.5. The normalized spacial score (nSPS) is 23.5. The Bertz CT molecular complexity index is 2090. The highest BCUT2D eigenvalue weighted by Crippen LogP contribution is 2.36. The van der Waals surface area contributed by atoms with Crippen molar-refractivity contribution in [2.75, 3.05) is 92.6 Å². The molecule has 2 aromatic heterocycles. The third kappa shape index (κ3) is 11.7. The molecule has 0 spiro atoms. The fourth-order valence-corrected chi connectivity index (χ4v) is 10.5. The van der Waals surface area contributed by atoms with Gasteiger partial charge in [-0.25, -0.2) is 0 Å². The van der Waals surface area contributed by atoms with Gasteiger partial charge in [-0.2, -0.15) is 10.5 Å². The second kappa shape index (κ2) is 21.4. The van der Waals surface area contributed by atoms with Gasteiger partial charge in [-0.3, -0.25) is 29.4 Å². The number of carbonyl (C=O) groups is 2. The van der Waals surface area contributed by atoms with Crippen LogP contribution in [-0.4, -0.2) is 134 Å². The van der Waals surface area contributed by atoms with Crippen molar-refractivity contribution in [3.8, 4) is 12.1 Å². The van der Waals surface area contributed by atoms with E-state index in [-0.39, 0.29) is 14.7 Å². The molecule has 12 heteroatoms. The quantitative estimate of drug-likeness (QED) is 0.182. The van der Waals surface area contributed by atoms with E-state index in [9.17, 15) is 20.1 Å². The Kier molecular flexibility index (Phi) is 15.6. The predicted octanol–water partition coefficient (Wildman–Crippen LogP) is 6.47. The largest absolute Gasteiger partial charge is 0.355 e. The van der Waals surface area contributed by atoms with Crippen molar-refractivity contribution in [1.82, 2.24) is 40.2 Å². The number of hydrogen-bond acceptors (Lipinski definition) is 10. The van der Waals surface area contributed by atoms with Gasteiger partial charge in [0.25, 0.3) is 0 Å². The van der Waals surface area contributed by atoms with Gasteiger partial charge in [0.15, 0.2) is 0 Å². The smallest absolute Gasteiger partial charge is 0.234 e. The summed E-state index contributed by atoms with van der Waals surface area (Å²) in [5, 5.41) is 27.4. The molecular formula is C50H70N10O2. The first kappa shape index (κ1) is 45.1. The van der Waals surface area contributed by atoms with Crippen LogP contribution >= 0.6 is 0 Å². The van der Waals surface area contributed by atoms with Crippen LogP contribution in [0.4, 0.5) is 0 Å². The van der Waals surface area contributed by atoms with Crippen LogP contribution in [0.2, 0.25) is 0 Å². The molecule has 4 aliphatic rings. The molecule has 4 aliphatic heterocycles. The average molecular weight is 843 g/mol. The van der Waals surface area contributed by atoms with Crippen LogP contribution in [0.15, 0.2) is 60.9 Å². The highest BCUT2D eigenvalue weighted by atomic mass is 16.2. The predicted molar refractivity (Wildman–Crippen MR) is 250 cm³/mol. The number of carbonyl (C=O) groups excluding carboxylic acids is 2. The Hall–Kier alpha value is -4.98. The van der Waals surface area contributed by atoms with Gasteiger partial charge >= 0.3 is 0 Å². The van der Waals surface area contributed by atoms with E-state index >= 15 is 0 Å². The molecule has 4 atom stereocenters. The first-order valence-corrected chi connectivity index (χ1v) is 23.0. The molecule has 2 N–H and O–H groups in total. The number of nitriles is 2. The number of fused-ring (bicyclic) bond motifs is 2. The van der Waals surface area contributed by atoms with Gasteiger partial charge in [-0.15, -0.1) is 0 Å². The van der Waals surface area contributed by atoms with Crippen molar-refractivity contribution < 1.29 is 12.4 Å². The van der Waals surface area contributed by atoms with E-state index in [0.29, 0.717) is 59.7 Å². The lowest BCUT2D eigenvalue weighted by molar-refractivity contribution is -0.123. The molecule has 0 radical (unpaired) electrons. The topological polar surface area (TPSA) is 145 Å². The molecule has 8 rings (SSSR count). The molecule has 332 valence electrons. The van der Waals surface area contributed by atoms with Gasteiger partial charge in [0.2, 0.25) is 11.8 Å². The number of amides is 2. The number of benzene rings is 2. The fourth-order valence-electron chi connectivity index (χ4n) is 10.5. The Labute approximate surface area is 371 Å². The average Bonchev–Trinajstić information content (AvgIpc) is 3.27. The Morgan fingerprint density at radius 2 is 1.05 bits per heavy atom. The molecule has 2 aromatic carbocycles. The zero-order valence-corrected chi connectivity index (χ0v) is 37.4. The number of nitrogens with zero attached hydrogens (tertiary/aromatic N) is 8. The molecule has 0 unspecified atom stereocenters. The number of aromatic nitrogens is 2. The maximum Gasteiger partial charge on any atom is 0.234 e. The maximum atomic E-state index is 12.7. The van der Waals surface area contributed by atoms with Gasteiger partial charge in [0.05, 0.1) is 35.2 Å². The van der Waals surface area contributed by atoms with Crippen molar-refractivity contribution >= 4 is 33.6 Å². The third-order valence-electron chi connectivity index (χ3n) is 13.8. The van der Waals surface area contributed by atoms with Gasteiger partial charge in [0.1, 0.15) is 12.1 Å². The molecule has 4 fully saturated rings. The lowest BCUT2D eigenvalue weighted by Gasteiger charge is -2.37. The summed E-state index contributed by atoms with van der Waals surface area (Å²) in [7, 11) is 4.33. The monoisotopic (exact) mass is 843 g/mol. The molecule has 2 amide bonds. The summed E-state index contributed by atoms with van der Waals surface area (Å²) in [6.07, 6.45) is 10.3. The van der Waals surface area contributed by atoms with Crippen LogP contribution in [-0.2, 0) is 9.59 Å². The third-order valence-corrected chi connectivity index (χ3v) is 13.8. The SMILES string of the molecule is C[C@@H]1C[C@@H](c2ccc(C#N)c3ncccc23)CN(CC(=O)NCC2CCN(C)CC2)C1.C[C@@H]1C[C@H](c2ccc(C#N)c3ncccc23)CN(CC(=O)NCC2CCN(C)CC2)C1.[HH].[HH]. The zero-order chi connectivity index (χ0) is 43.6. The van der Waals surface area contributed by atoms with E-state index < -0.39 is 0 Å². The van der Waals surface area contributed by atoms with Crippen LogP contribution in [0.3, 0.4) is 0 Å². The van der Waals surface area contributed by atoms with Crippen molar-refractivity contribution in [2.24, 2.45) is 23.7 Å². The number of nitrogens with one attached hydrogen (secondary N) is 2. The summed E-state index contributed by atoms with van der Waals surface area (Å²) < 4.78 is 0. The van der Waals surface area contributed by atoms with E-state index in [1.165, 1.54) is 36.8 Å². The first-order chi connectivity index (χ1) is 30.1. The van der Waals surface area contributed by atoms with Crippen LogP contribution in [0.25, 0.3) is 21.8 Å². The van der Waals surface area contributed by atoms with Crippen LogP contribution < -0.4 is 10.6 Å². The zero-order valence-electron chi connectivity index (χ0n) is 37.4. The van der Waals surface area contributed by atoms with Crippen molar-refractivity contribution in [3.63, 3.8) is 0 Å². The number of hydrogen-bond donors (Lipinski definition) is 2. The molecular weight excluding hydrogens is 773 g/mol. The van der Waals surface area contributed by atoms with Crippen LogP contribution in [0, 0.1) is 46.3 Å². The minimum Gasteiger partial charge on any atom is -0.355 e. The number of rotatable bonds is 10. The fraction of sp³-hybridized carbons (Fsp3) is 0.560. The highest BCUT2D eigenvalue weighted by Gasteiger charge is 2.30. The maximum absolute atomic E-state index is 12.7. The van der Waals surface area contributed by atoms with Gasteiger partial charge < -0.3 is 20.4 Å². The summed E-state index contributed by atoms with van der Waals surface area (Å²) in [5.41, 5.74) is 5.28. The Morgan fingerprint density at radius 1 is 0.645 bits per heavy atom. The lowest BCUT2D eigenvalue weighted by Crippen LogP contribution is -2.45. The number of likely N-dealkylation sites (tertiary alicyclic amines) is 4. The first-order valence-electron chi connectivity index (χ1n) is 23.0. The molecule has 62 heavy (non-hydrogen) atoms. The summed E-state index contributed by atoms with van der Waals surface area (Å²) >= 11 is 0. The molecule has 0 aliphatic carbocycles. The van der Waals surface area contributed by atoms with E-state index in [0.717, 1.165) is 100 Å². The molecule has 12 nitrogen and oxygen atoms in total. The highest BCUT2D eigenvalue weighted by molar-refractivity contribution is 5.88. The standard InChI is InChI=1S/2C25H33N5O.2H2/c2*1-18-12-21(22-6-5-20(13-26)25-23(22)4-3-9-27-25)16-30(15-18)17-24(31)28-14-19-7-10-29(2)11-8-19;;/h2*3-6,9,18-19,21H,7-8,10-12,14-17H2,1-2H3,(H,28,31);2*1H/t18-,21+;18-,21-;;/m11../s1. The van der Waals surface area contributed by atoms with E-state index in [2.05, 4.69) is 105 Å². The van der Waals surface area contributed by atoms with Gasteiger partial charge in [-0.1, -0.05) is 38.1 Å². The minimum absolute atomic E-state index is 0. The molecule has 0 bridgehead atoms. The summed E-state index contributed by atoms with van der Waals surface area (Å²) in [5.74, 6) is 3.19. The molecule has 4 aromatic rings. The lowest BCUT2D eigenvalue weighted by atomic mass is 9.83. The minimum atomic E-state index is 0. The Morgan fingerprint density at radius 3 is 1.44 bits per heavy atom. The Balaban J connectivity index is 0.000000234. The van der Waals surface area contributed by atoms with Crippen molar-refractivity contribution in [2.45, 2.75) is 64.2 Å². The molecule has 6 heterocycles. The molecule has 0 saturated carbocycles. The van der Waals surface area contributed by atoms with Crippen molar-refractivity contribution in [1.29, 1.82) is 10.5 Å². The summed E-state index contributed by atoms with van der Waals surface area (Å²) in [6.45, 7) is 15.2.